The first-order valence-corrected chi connectivity index (χ1v) is 7.18. The number of nitrogens with zero attached hydrogens (tertiary/aromatic N) is 1. The summed E-state index contributed by atoms with van der Waals surface area (Å²) in [7, 11) is 1.66. The first kappa shape index (κ1) is 15.0. The minimum absolute atomic E-state index is 0.0661. The molecule has 0 bridgehead atoms. The van der Waals surface area contributed by atoms with Gasteiger partial charge in [-0.1, -0.05) is 0 Å². The number of hydrogen-bond acceptors (Lipinski definition) is 4. The van der Waals surface area contributed by atoms with Crippen molar-refractivity contribution in [2.75, 3.05) is 33.3 Å². The normalized spacial score (nSPS) is 17.8. The summed E-state index contributed by atoms with van der Waals surface area (Å²) in [6.07, 6.45) is 0. The monoisotopic (exact) mass is 276 g/mol. The first-order chi connectivity index (χ1) is 9.54. The van der Waals surface area contributed by atoms with Crippen LogP contribution in [0.5, 0.6) is 5.75 Å². The number of carbonyl (C=O) groups is 1. The number of benzene rings is 1. The van der Waals surface area contributed by atoms with Crippen LogP contribution in [0.25, 0.3) is 0 Å². The number of Topliss-reactive ketones (excluding diaryl/α,β-unsaturated/α-hetero) is 1. The molecule has 0 spiro atoms. The lowest BCUT2D eigenvalue weighted by Crippen LogP contribution is -2.50. The molecular weight excluding hydrogens is 252 g/mol. The molecule has 2 rings (SSSR count). The summed E-state index contributed by atoms with van der Waals surface area (Å²) in [4.78, 5) is 15.0. The maximum Gasteiger partial charge on any atom is 0.179 e. The van der Waals surface area contributed by atoms with Gasteiger partial charge < -0.3 is 10.1 Å². The van der Waals surface area contributed by atoms with E-state index in [1.54, 1.807) is 7.11 Å². The fourth-order valence-corrected chi connectivity index (χ4v) is 2.74. The Balaban J connectivity index is 2.21. The molecule has 1 aromatic carbocycles. The van der Waals surface area contributed by atoms with Gasteiger partial charge in [0.15, 0.2) is 5.78 Å². The number of ether oxygens (including phenoxy) is 1. The smallest absolute Gasteiger partial charge is 0.179 e. The standard InChI is InChI=1S/C16H24N2O2/c1-11-10-15(20-4)12(2)9-14(11)16(19)13(3)18-7-5-17-6-8-18/h9-10,13,17H,5-8H2,1-4H3. The maximum atomic E-state index is 12.7. The van der Waals surface area contributed by atoms with Gasteiger partial charge in [0.05, 0.1) is 13.2 Å². The molecule has 1 N–H and O–H groups in total. The fourth-order valence-electron chi connectivity index (χ4n) is 2.74. The van der Waals surface area contributed by atoms with Gasteiger partial charge in [-0.25, -0.2) is 0 Å². The zero-order valence-electron chi connectivity index (χ0n) is 12.8. The van der Waals surface area contributed by atoms with E-state index in [1.807, 2.05) is 32.9 Å². The highest BCUT2D eigenvalue weighted by molar-refractivity contribution is 6.01. The van der Waals surface area contributed by atoms with Crippen molar-refractivity contribution in [1.82, 2.24) is 10.2 Å². The fraction of sp³-hybridized carbons (Fsp3) is 0.562. The van der Waals surface area contributed by atoms with E-state index in [4.69, 9.17) is 4.74 Å². The molecule has 0 aromatic heterocycles. The number of ketones is 1. The van der Waals surface area contributed by atoms with Crippen LogP contribution in [0.2, 0.25) is 0 Å². The molecular formula is C16H24N2O2. The molecule has 1 aliphatic rings. The number of hydrogen-bond donors (Lipinski definition) is 1. The lowest BCUT2D eigenvalue weighted by Gasteiger charge is -2.32. The van der Waals surface area contributed by atoms with Crippen LogP contribution in [-0.2, 0) is 0 Å². The Morgan fingerprint density at radius 1 is 1.25 bits per heavy atom. The second-order valence-corrected chi connectivity index (χ2v) is 5.46. The van der Waals surface area contributed by atoms with Crippen molar-refractivity contribution in [2.45, 2.75) is 26.8 Å². The first-order valence-electron chi connectivity index (χ1n) is 7.18. The third-order valence-electron chi connectivity index (χ3n) is 4.09. The summed E-state index contributed by atoms with van der Waals surface area (Å²) in [6.45, 7) is 9.73. The Morgan fingerprint density at radius 2 is 1.90 bits per heavy atom. The third kappa shape index (κ3) is 3.02. The molecule has 1 unspecified atom stereocenters. The predicted octanol–water partition coefficient (Wildman–Crippen LogP) is 1.79. The minimum atomic E-state index is -0.0661. The predicted molar refractivity (Wildman–Crippen MR) is 80.7 cm³/mol. The Labute approximate surface area is 121 Å². The van der Waals surface area contributed by atoms with Crippen molar-refractivity contribution in [3.63, 3.8) is 0 Å². The molecule has 1 saturated heterocycles. The number of rotatable bonds is 4. The van der Waals surface area contributed by atoms with E-state index in [2.05, 4.69) is 10.2 Å². The number of carbonyl (C=O) groups excluding carboxylic acids is 1. The number of piperazine rings is 1. The van der Waals surface area contributed by atoms with Crippen LogP contribution in [0.3, 0.4) is 0 Å². The summed E-state index contributed by atoms with van der Waals surface area (Å²) in [5, 5.41) is 3.31. The second-order valence-electron chi connectivity index (χ2n) is 5.46. The van der Waals surface area contributed by atoms with E-state index < -0.39 is 0 Å². The van der Waals surface area contributed by atoms with Gasteiger partial charge in [0.1, 0.15) is 5.75 Å². The van der Waals surface area contributed by atoms with Crippen LogP contribution >= 0.6 is 0 Å². The third-order valence-corrected chi connectivity index (χ3v) is 4.09. The molecule has 0 radical (unpaired) electrons. The number of aryl methyl sites for hydroxylation is 2. The minimum Gasteiger partial charge on any atom is -0.496 e. The highest BCUT2D eigenvalue weighted by atomic mass is 16.5. The van der Waals surface area contributed by atoms with Crippen LogP contribution in [-0.4, -0.2) is 50.0 Å². The highest BCUT2D eigenvalue weighted by Gasteiger charge is 2.25. The van der Waals surface area contributed by atoms with Crippen LogP contribution in [0, 0.1) is 13.8 Å². The summed E-state index contributed by atoms with van der Waals surface area (Å²) < 4.78 is 5.31. The summed E-state index contributed by atoms with van der Waals surface area (Å²) in [5.41, 5.74) is 2.81. The quantitative estimate of drug-likeness (QED) is 0.851. The van der Waals surface area contributed by atoms with Gasteiger partial charge >= 0.3 is 0 Å². The van der Waals surface area contributed by atoms with Crippen molar-refractivity contribution in [3.05, 3.63) is 28.8 Å². The van der Waals surface area contributed by atoms with Gasteiger partial charge in [0.2, 0.25) is 0 Å². The molecule has 1 aromatic rings. The van der Waals surface area contributed by atoms with Crippen LogP contribution < -0.4 is 10.1 Å². The Morgan fingerprint density at radius 3 is 2.50 bits per heavy atom. The number of methoxy groups -OCH3 is 1. The van der Waals surface area contributed by atoms with E-state index in [-0.39, 0.29) is 11.8 Å². The lowest BCUT2D eigenvalue weighted by molar-refractivity contribution is 0.0819. The van der Waals surface area contributed by atoms with E-state index in [1.165, 1.54) is 0 Å². The maximum absolute atomic E-state index is 12.7. The molecule has 4 heteroatoms. The Bertz CT molecular complexity index is 493. The van der Waals surface area contributed by atoms with Gasteiger partial charge in [-0.2, -0.15) is 0 Å². The van der Waals surface area contributed by atoms with Gasteiger partial charge in [-0.3, -0.25) is 9.69 Å². The van der Waals surface area contributed by atoms with Crippen molar-refractivity contribution in [2.24, 2.45) is 0 Å². The average Bonchev–Trinajstić information content (AvgIpc) is 2.48. The topological polar surface area (TPSA) is 41.6 Å². The second kappa shape index (κ2) is 6.37. The van der Waals surface area contributed by atoms with Gasteiger partial charge in [-0.05, 0) is 44.0 Å². The lowest BCUT2D eigenvalue weighted by atomic mass is 9.96. The summed E-state index contributed by atoms with van der Waals surface area (Å²) >= 11 is 0. The molecule has 110 valence electrons. The molecule has 4 nitrogen and oxygen atoms in total. The molecule has 1 fully saturated rings. The molecule has 1 aliphatic heterocycles. The molecule has 0 saturated carbocycles. The van der Waals surface area contributed by atoms with Gasteiger partial charge in [0.25, 0.3) is 0 Å². The van der Waals surface area contributed by atoms with Crippen molar-refractivity contribution < 1.29 is 9.53 Å². The zero-order valence-corrected chi connectivity index (χ0v) is 12.8. The molecule has 0 amide bonds. The van der Waals surface area contributed by atoms with E-state index in [0.717, 1.165) is 48.6 Å². The van der Waals surface area contributed by atoms with Gasteiger partial charge in [-0.15, -0.1) is 0 Å². The largest absolute Gasteiger partial charge is 0.496 e. The van der Waals surface area contributed by atoms with Crippen molar-refractivity contribution in [3.8, 4) is 5.75 Å². The van der Waals surface area contributed by atoms with E-state index in [9.17, 15) is 4.79 Å². The molecule has 20 heavy (non-hydrogen) atoms. The zero-order chi connectivity index (χ0) is 14.7. The van der Waals surface area contributed by atoms with Crippen LogP contribution in [0.15, 0.2) is 12.1 Å². The summed E-state index contributed by atoms with van der Waals surface area (Å²) in [5.74, 6) is 1.05. The Kier molecular flexibility index (Phi) is 4.78. The average molecular weight is 276 g/mol. The van der Waals surface area contributed by atoms with Crippen molar-refractivity contribution in [1.29, 1.82) is 0 Å². The van der Waals surface area contributed by atoms with Crippen LogP contribution in [0.1, 0.15) is 28.4 Å². The van der Waals surface area contributed by atoms with Crippen molar-refractivity contribution >= 4 is 5.78 Å². The van der Waals surface area contributed by atoms with E-state index >= 15 is 0 Å². The molecule has 1 atom stereocenters. The molecule has 0 aliphatic carbocycles. The summed E-state index contributed by atoms with van der Waals surface area (Å²) in [6, 6.07) is 3.84. The molecule has 1 heterocycles. The van der Waals surface area contributed by atoms with Crippen LogP contribution in [0.4, 0.5) is 0 Å². The van der Waals surface area contributed by atoms with E-state index in [0.29, 0.717) is 0 Å². The SMILES string of the molecule is COc1cc(C)c(C(=O)C(C)N2CCNCC2)cc1C. The Hall–Kier alpha value is -1.39. The van der Waals surface area contributed by atoms with Gasteiger partial charge in [0, 0.05) is 31.7 Å². The highest BCUT2D eigenvalue weighted by Crippen LogP contribution is 2.24. The number of nitrogens with one attached hydrogen (secondary N) is 1.